The predicted molar refractivity (Wildman–Crippen MR) is 224 cm³/mol. The second-order valence-corrected chi connectivity index (χ2v) is 17.5. The van der Waals surface area contributed by atoms with Crippen LogP contribution in [0.25, 0.3) is 0 Å². The molecule has 0 amide bonds. The molecule has 0 saturated carbocycles. The lowest BCUT2D eigenvalue weighted by Gasteiger charge is -2.24. The molecule has 0 heterocycles. The molecule has 10 heteroatoms. The highest BCUT2D eigenvalue weighted by molar-refractivity contribution is 7.47. The van der Waals surface area contributed by atoms with Crippen LogP contribution in [0.1, 0.15) is 194 Å². The number of allylic oxidation sites excluding steroid dienone is 4. The number of hydrogen-bond acceptors (Lipinski definition) is 7. The molecule has 0 rings (SSSR count). The molecular formula is C44H85NO8P+. The minimum absolute atomic E-state index is 0.0228. The molecule has 0 radical (unpaired) electrons. The van der Waals surface area contributed by atoms with Crippen molar-refractivity contribution in [3.8, 4) is 0 Å². The van der Waals surface area contributed by atoms with Crippen molar-refractivity contribution in [2.45, 2.75) is 200 Å². The van der Waals surface area contributed by atoms with E-state index in [0.717, 1.165) is 25.7 Å². The van der Waals surface area contributed by atoms with E-state index < -0.39 is 32.5 Å². The Hall–Kier alpha value is -1.51. The molecule has 0 aliphatic heterocycles. The second kappa shape index (κ2) is 37.1. The maximum atomic E-state index is 12.6. The normalized spacial score (nSPS) is 13.8. The fourth-order valence-electron chi connectivity index (χ4n) is 5.99. The Labute approximate surface area is 332 Å². The quantitative estimate of drug-likeness (QED) is 0.0215. The van der Waals surface area contributed by atoms with E-state index in [9.17, 15) is 19.0 Å². The van der Waals surface area contributed by atoms with Gasteiger partial charge >= 0.3 is 19.8 Å². The average Bonchev–Trinajstić information content (AvgIpc) is 3.12. The van der Waals surface area contributed by atoms with Gasteiger partial charge < -0.3 is 18.9 Å². The third-order valence-corrected chi connectivity index (χ3v) is 10.5. The highest BCUT2D eigenvalue weighted by atomic mass is 31.2. The molecule has 9 nitrogen and oxygen atoms in total. The summed E-state index contributed by atoms with van der Waals surface area (Å²) in [7, 11) is 1.45. The van der Waals surface area contributed by atoms with E-state index in [1.165, 1.54) is 128 Å². The molecule has 0 fully saturated rings. The van der Waals surface area contributed by atoms with E-state index in [1.807, 2.05) is 33.3 Å². The van der Waals surface area contributed by atoms with Gasteiger partial charge in [0.25, 0.3) is 0 Å². The molecule has 0 aliphatic rings. The molecule has 0 aliphatic carbocycles. The van der Waals surface area contributed by atoms with Gasteiger partial charge in [0.1, 0.15) is 19.8 Å². The number of unbranched alkanes of at least 4 members (excludes halogenated alkanes) is 22. The SMILES string of the molecule is CCCCCCCCCCCCC/C=C\CCC(=O)OCC(COP(=O)(O)OCC[N+](C)(C)C)OC(=O)CC/C=C\CCCCCCCCCCCCC. The van der Waals surface area contributed by atoms with E-state index in [0.29, 0.717) is 23.9 Å². The summed E-state index contributed by atoms with van der Waals surface area (Å²) < 4.78 is 34.2. The van der Waals surface area contributed by atoms with Crippen molar-refractivity contribution in [1.29, 1.82) is 0 Å². The number of esters is 2. The van der Waals surface area contributed by atoms with Gasteiger partial charge in [-0.05, 0) is 38.5 Å². The Balaban J connectivity index is 4.43. The number of rotatable bonds is 40. The Morgan fingerprint density at radius 2 is 0.944 bits per heavy atom. The number of phosphoric acid groups is 1. The molecule has 2 unspecified atom stereocenters. The molecule has 0 aromatic carbocycles. The number of carbonyl (C=O) groups excluding carboxylic acids is 2. The number of hydrogen-bond donors (Lipinski definition) is 1. The van der Waals surface area contributed by atoms with Crippen LogP contribution in [-0.4, -0.2) is 74.9 Å². The van der Waals surface area contributed by atoms with Crippen LogP contribution in [0.4, 0.5) is 0 Å². The van der Waals surface area contributed by atoms with Gasteiger partial charge in [-0.1, -0.05) is 167 Å². The number of likely N-dealkylation sites (N-methyl/N-ethyl adjacent to an activating group) is 1. The maximum Gasteiger partial charge on any atom is 0.472 e. The summed E-state index contributed by atoms with van der Waals surface area (Å²) in [6, 6.07) is 0. The van der Waals surface area contributed by atoms with E-state index in [2.05, 4.69) is 26.0 Å². The van der Waals surface area contributed by atoms with E-state index in [4.69, 9.17) is 18.5 Å². The molecule has 0 aromatic heterocycles. The average molecular weight is 787 g/mol. The summed E-state index contributed by atoms with van der Waals surface area (Å²) in [5.74, 6) is -0.907. The molecule has 1 N–H and O–H groups in total. The van der Waals surface area contributed by atoms with Gasteiger partial charge in [0.15, 0.2) is 6.10 Å². The van der Waals surface area contributed by atoms with Gasteiger partial charge in [-0.3, -0.25) is 18.6 Å². The molecule has 54 heavy (non-hydrogen) atoms. The number of quaternary nitrogens is 1. The minimum Gasteiger partial charge on any atom is -0.462 e. The summed E-state index contributed by atoms with van der Waals surface area (Å²) in [6.45, 7) is 4.35. The van der Waals surface area contributed by atoms with Crippen LogP contribution in [0, 0.1) is 0 Å². The molecule has 0 spiro atoms. The van der Waals surface area contributed by atoms with Crippen molar-refractivity contribution in [3.05, 3.63) is 24.3 Å². The number of nitrogens with zero attached hydrogens (tertiary/aromatic N) is 1. The van der Waals surface area contributed by atoms with E-state index in [-0.39, 0.29) is 26.1 Å². The van der Waals surface area contributed by atoms with Crippen molar-refractivity contribution in [1.82, 2.24) is 0 Å². The van der Waals surface area contributed by atoms with Crippen molar-refractivity contribution >= 4 is 19.8 Å². The first-order valence-corrected chi connectivity index (χ1v) is 23.6. The minimum atomic E-state index is -4.39. The van der Waals surface area contributed by atoms with Crippen LogP contribution in [0.2, 0.25) is 0 Å². The van der Waals surface area contributed by atoms with Crippen LogP contribution in [0.3, 0.4) is 0 Å². The van der Waals surface area contributed by atoms with Gasteiger partial charge in [0.2, 0.25) is 0 Å². The maximum absolute atomic E-state index is 12.6. The molecular weight excluding hydrogens is 701 g/mol. The summed E-state index contributed by atoms with van der Waals surface area (Å²) in [6.07, 6.45) is 39.6. The number of carbonyl (C=O) groups is 2. The lowest BCUT2D eigenvalue weighted by atomic mass is 10.1. The van der Waals surface area contributed by atoms with Crippen molar-refractivity contribution in [2.24, 2.45) is 0 Å². The fraction of sp³-hybridized carbons (Fsp3) is 0.864. The molecule has 0 aromatic rings. The highest BCUT2D eigenvalue weighted by Crippen LogP contribution is 2.43. The van der Waals surface area contributed by atoms with Crippen LogP contribution in [-0.2, 0) is 32.7 Å². The van der Waals surface area contributed by atoms with Gasteiger partial charge in [-0.15, -0.1) is 0 Å². The predicted octanol–water partition coefficient (Wildman–Crippen LogP) is 12.4. The highest BCUT2D eigenvalue weighted by Gasteiger charge is 2.27. The molecule has 2 atom stereocenters. The first-order valence-electron chi connectivity index (χ1n) is 22.1. The van der Waals surface area contributed by atoms with Crippen molar-refractivity contribution < 1.29 is 42.1 Å². The van der Waals surface area contributed by atoms with Crippen molar-refractivity contribution in [2.75, 3.05) is 47.5 Å². The Kier molecular flexibility index (Phi) is 36.1. The van der Waals surface area contributed by atoms with E-state index in [1.54, 1.807) is 0 Å². The second-order valence-electron chi connectivity index (χ2n) is 16.1. The van der Waals surface area contributed by atoms with Gasteiger partial charge in [-0.25, -0.2) is 4.57 Å². The molecule has 0 bridgehead atoms. The molecule has 0 saturated heterocycles. The summed E-state index contributed by atoms with van der Waals surface area (Å²) in [4.78, 5) is 35.3. The third kappa shape index (κ3) is 40.2. The summed E-state index contributed by atoms with van der Waals surface area (Å²) in [5.41, 5.74) is 0. The van der Waals surface area contributed by atoms with Gasteiger partial charge in [0.05, 0.1) is 27.7 Å². The lowest BCUT2D eigenvalue weighted by molar-refractivity contribution is -0.870. The van der Waals surface area contributed by atoms with Crippen LogP contribution >= 0.6 is 7.82 Å². The first kappa shape index (κ1) is 52.5. The lowest BCUT2D eigenvalue weighted by Crippen LogP contribution is -2.37. The zero-order chi connectivity index (χ0) is 40.0. The smallest absolute Gasteiger partial charge is 0.462 e. The van der Waals surface area contributed by atoms with Gasteiger partial charge in [0, 0.05) is 12.8 Å². The Morgan fingerprint density at radius 1 is 0.556 bits per heavy atom. The Morgan fingerprint density at radius 3 is 1.37 bits per heavy atom. The third-order valence-electron chi connectivity index (χ3n) is 9.48. The number of phosphoric ester groups is 1. The molecule has 318 valence electrons. The Bertz CT molecular complexity index is 980. The number of ether oxygens (including phenoxy) is 2. The first-order chi connectivity index (χ1) is 26.0. The van der Waals surface area contributed by atoms with Crippen LogP contribution in [0.15, 0.2) is 24.3 Å². The van der Waals surface area contributed by atoms with Crippen LogP contribution in [0.5, 0.6) is 0 Å². The topological polar surface area (TPSA) is 108 Å². The monoisotopic (exact) mass is 787 g/mol. The zero-order valence-electron chi connectivity index (χ0n) is 35.7. The summed E-state index contributed by atoms with van der Waals surface area (Å²) in [5, 5.41) is 0. The van der Waals surface area contributed by atoms with Crippen molar-refractivity contribution in [3.63, 3.8) is 0 Å². The van der Waals surface area contributed by atoms with Crippen LogP contribution < -0.4 is 0 Å². The zero-order valence-corrected chi connectivity index (χ0v) is 36.6. The summed E-state index contributed by atoms with van der Waals surface area (Å²) >= 11 is 0. The fourth-order valence-corrected chi connectivity index (χ4v) is 6.73. The van der Waals surface area contributed by atoms with Gasteiger partial charge in [-0.2, -0.15) is 0 Å². The largest absolute Gasteiger partial charge is 0.472 e. The van der Waals surface area contributed by atoms with E-state index >= 15 is 0 Å². The standard InChI is InChI=1S/C44H84NO8P/c1-6-8-10-12-14-16-18-20-22-24-26-28-30-32-34-36-43(46)50-40-42(41-52-54(48,49)51-39-38-45(3,4)5)53-44(47)37-35-33-31-29-27-25-23-21-19-17-15-13-11-9-7-2/h30-33,42H,6-29,34-41H2,1-5H3/p+1/b32-30-,33-31-.